The van der Waals surface area contributed by atoms with Gasteiger partial charge in [0.25, 0.3) is 11.8 Å². The molecular formula is C46H40N6O8S2. The Kier molecular flexibility index (Phi) is 12.2. The van der Waals surface area contributed by atoms with Crippen molar-refractivity contribution in [2.45, 2.75) is 32.7 Å². The average Bonchev–Trinajstić information content (AvgIpc) is 3.99. The zero-order chi connectivity index (χ0) is 43.1. The summed E-state index contributed by atoms with van der Waals surface area (Å²) in [5.74, 6) is -0.365. The first-order valence-corrected chi connectivity index (χ1v) is 22.5. The predicted octanol–water partition coefficient (Wildman–Crippen LogP) is 6.52. The second-order valence-corrected chi connectivity index (χ2v) is 18.1. The van der Waals surface area contributed by atoms with Gasteiger partial charge in [-0.15, -0.1) is 0 Å². The third kappa shape index (κ3) is 9.42. The number of ether oxygens (including phenoxy) is 1. The fourth-order valence-electron chi connectivity index (χ4n) is 6.72. The van der Waals surface area contributed by atoms with Crippen molar-refractivity contribution in [2.24, 2.45) is 0 Å². The number of imidazole rings is 1. The molecule has 0 spiro atoms. The number of morpholine rings is 1. The van der Waals surface area contributed by atoms with E-state index in [0.29, 0.717) is 24.4 Å². The Morgan fingerprint density at radius 3 is 1.95 bits per heavy atom. The predicted molar refractivity (Wildman–Crippen MR) is 231 cm³/mol. The van der Waals surface area contributed by atoms with Crippen LogP contribution in [0.1, 0.15) is 32.0 Å². The molecule has 0 atom stereocenters. The van der Waals surface area contributed by atoms with Gasteiger partial charge in [-0.05, 0) is 90.0 Å². The van der Waals surface area contributed by atoms with Gasteiger partial charge in [0.2, 0.25) is 19.7 Å². The molecule has 0 unspecified atom stereocenters. The number of sulfone groups is 2. The molecule has 2 amide bonds. The minimum atomic E-state index is -3.66. The van der Waals surface area contributed by atoms with Gasteiger partial charge in [-0.2, -0.15) is 0 Å². The monoisotopic (exact) mass is 868 g/mol. The number of anilines is 1. The molecule has 0 radical (unpaired) electrons. The van der Waals surface area contributed by atoms with E-state index in [0.717, 1.165) is 40.9 Å². The first kappa shape index (κ1) is 41.6. The Hall–Kier alpha value is -7.14. The highest BCUT2D eigenvalue weighted by molar-refractivity contribution is 7.91. The molecule has 1 fully saturated rings. The number of nitrogens with zero attached hydrogens (tertiary/aromatic N) is 4. The van der Waals surface area contributed by atoms with E-state index in [2.05, 4.69) is 25.5 Å². The molecule has 1 aliphatic heterocycles. The maximum Gasteiger partial charge on any atom is 0.287 e. The van der Waals surface area contributed by atoms with Crippen LogP contribution in [-0.2, 0) is 37.5 Å². The van der Waals surface area contributed by atoms with E-state index in [-0.39, 0.29) is 50.2 Å². The molecule has 1 aliphatic rings. The largest absolute Gasteiger partial charge is 0.449 e. The minimum absolute atomic E-state index is 0.200. The van der Waals surface area contributed by atoms with Gasteiger partial charge in [-0.3, -0.25) is 14.6 Å². The molecule has 0 bridgehead atoms. The molecule has 4 aromatic carbocycles. The third-order valence-corrected chi connectivity index (χ3v) is 13.7. The fourth-order valence-corrected chi connectivity index (χ4v) is 9.30. The van der Waals surface area contributed by atoms with Crippen molar-refractivity contribution in [3.05, 3.63) is 181 Å². The van der Waals surface area contributed by atoms with Crippen molar-refractivity contribution in [2.75, 3.05) is 31.2 Å². The number of carbonyl (C=O) groups is 2. The highest BCUT2D eigenvalue weighted by Crippen LogP contribution is 2.26. The number of pyridine rings is 2. The number of aromatic nitrogens is 3. The van der Waals surface area contributed by atoms with Crippen LogP contribution in [0.4, 0.5) is 5.69 Å². The van der Waals surface area contributed by atoms with Crippen molar-refractivity contribution in [3.8, 4) is 0 Å². The summed E-state index contributed by atoms with van der Waals surface area (Å²) in [4.78, 5) is 36.0. The summed E-state index contributed by atoms with van der Waals surface area (Å²) in [6, 6.07) is 35.2. The van der Waals surface area contributed by atoms with E-state index in [1.54, 1.807) is 145 Å². The van der Waals surface area contributed by atoms with Crippen LogP contribution in [0.15, 0.2) is 182 Å². The van der Waals surface area contributed by atoms with Crippen molar-refractivity contribution < 1.29 is 35.6 Å². The van der Waals surface area contributed by atoms with Gasteiger partial charge in [0.1, 0.15) is 5.65 Å². The van der Waals surface area contributed by atoms with E-state index < -0.39 is 19.7 Å². The van der Waals surface area contributed by atoms with E-state index in [1.807, 2.05) is 6.07 Å². The standard InChI is InChI=1S/C25H24N4O4S.C21H16N2O4S/c30-25(20-6-9-24-26-10-11-29(24)18-20)27-17-19-4-7-22(8-5-19)34(31,32)23-3-1-2-21(16-23)28-12-14-33-15-13-28;24-21(19-12-16-10-11-22-14-20(16)27-19)23-13-15-6-8-18(9-7-15)28(25,26)17-4-2-1-3-5-17/h1-11,16,18H,12-15,17H2,(H,27,30);1-12,14H,13H2,(H,23,24). The van der Waals surface area contributed by atoms with Crippen LogP contribution in [-0.4, -0.2) is 69.3 Å². The van der Waals surface area contributed by atoms with Crippen molar-refractivity contribution in [1.82, 2.24) is 25.0 Å². The van der Waals surface area contributed by atoms with Crippen LogP contribution in [0.3, 0.4) is 0 Å². The lowest BCUT2D eigenvalue weighted by molar-refractivity contribution is 0.0923. The molecule has 0 aliphatic carbocycles. The summed E-state index contributed by atoms with van der Waals surface area (Å²) in [6.45, 7) is 3.27. The van der Waals surface area contributed by atoms with Gasteiger partial charge in [0.15, 0.2) is 11.3 Å². The molecule has 1 saturated heterocycles. The van der Waals surface area contributed by atoms with Gasteiger partial charge >= 0.3 is 0 Å². The lowest BCUT2D eigenvalue weighted by Gasteiger charge is -2.29. The molecule has 4 aromatic heterocycles. The van der Waals surface area contributed by atoms with Gasteiger partial charge in [0, 0.05) is 62.0 Å². The number of fused-ring (bicyclic) bond motifs is 2. The van der Waals surface area contributed by atoms with Gasteiger partial charge in [0.05, 0.1) is 44.6 Å². The molecular weight excluding hydrogens is 829 g/mol. The van der Waals surface area contributed by atoms with E-state index in [1.165, 1.54) is 12.1 Å². The Labute approximate surface area is 357 Å². The zero-order valence-electron chi connectivity index (χ0n) is 33.1. The molecule has 0 saturated carbocycles. The Morgan fingerprint density at radius 1 is 0.645 bits per heavy atom. The van der Waals surface area contributed by atoms with Crippen LogP contribution >= 0.6 is 0 Å². The Bertz CT molecular complexity index is 3040. The second-order valence-electron chi connectivity index (χ2n) is 14.2. The summed E-state index contributed by atoms with van der Waals surface area (Å²) in [5.41, 5.74) is 4.28. The fraction of sp³-hybridized carbons (Fsp3) is 0.130. The molecule has 5 heterocycles. The number of nitrogens with one attached hydrogen (secondary N) is 2. The first-order chi connectivity index (χ1) is 30.0. The summed E-state index contributed by atoms with van der Waals surface area (Å²) in [5, 5.41) is 6.43. The minimum Gasteiger partial charge on any atom is -0.449 e. The van der Waals surface area contributed by atoms with Crippen LogP contribution in [0, 0.1) is 0 Å². The van der Waals surface area contributed by atoms with Crippen molar-refractivity contribution >= 4 is 53.8 Å². The maximum atomic E-state index is 13.2. The van der Waals surface area contributed by atoms with Crippen LogP contribution in [0.5, 0.6) is 0 Å². The molecule has 16 heteroatoms. The Balaban J connectivity index is 0.000000174. The SMILES string of the molecule is O=C(NCc1ccc(S(=O)(=O)c2cccc(N3CCOCC3)c2)cc1)c1ccc2nccn2c1.O=C(NCc1ccc(S(=O)(=O)c2ccccc2)cc1)c1cc2ccncc2o1. The van der Waals surface area contributed by atoms with E-state index in [4.69, 9.17) is 9.15 Å². The third-order valence-electron chi connectivity index (χ3n) is 10.1. The van der Waals surface area contributed by atoms with Crippen molar-refractivity contribution in [1.29, 1.82) is 0 Å². The summed E-state index contributed by atoms with van der Waals surface area (Å²) >= 11 is 0. The van der Waals surface area contributed by atoms with E-state index in [9.17, 15) is 26.4 Å². The topological polar surface area (TPSA) is 182 Å². The molecule has 314 valence electrons. The van der Waals surface area contributed by atoms with Crippen LogP contribution < -0.4 is 15.5 Å². The highest BCUT2D eigenvalue weighted by Gasteiger charge is 2.21. The molecule has 62 heavy (non-hydrogen) atoms. The number of hydrogen-bond acceptors (Lipinski definition) is 11. The summed E-state index contributed by atoms with van der Waals surface area (Å²) < 4.78 is 64.2. The Morgan fingerprint density at radius 2 is 1.27 bits per heavy atom. The maximum absolute atomic E-state index is 13.2. The number of amides is 2. The van der Waals surface area contributed by atoms with E-state index >= 15 is 0 Å². The zero-order valence-corrected chi connectivity index (χ0v) is 34.8. The summed E-state index contributed by atoms with van der Waals surface area (Å²) in [6.07, 6.45) is 8.36. The number of carbonyl (C=O) groups excluding carboxylic acids is 2. The number of hydrogen-bond donors (Lipinski definition) is 2. The molecule has 9 rings (SSSR count). The van der Waals surface area contributed by atoms with Crippen molar-refractivity contribution in [3.63, 3.8) is 0 Å². The smallest absolute Gasteiger partial charge is 0.287 e. The van der Waals surface area contributed by atoms with Crippen LogP contribution in [0.2, 0.25) is 0 Å². The summed E-state index contributed by atoms with van der Waals surface area (Å²) in [7, 11) is -7.21. The molecule has 2 N–H and O–H groups in total. The number of benzene rings is 4. The normalized spacial score (nSPS) is 13.0. The molecule has 14 nitrogen and oxygen atoms in total. The second kappa shape index (κ2) is 18.2. The number of furan rings is 1. The van der Waals surface area contributed by atoms with Gasteiger partial charge < -0.3 is 29.1 Å². The lowest BCUT2D eigenvalue weighted by Crippen LogP contribution is -2.36. The van der Waals surface area contributed by atoms with Gasteiger partial charge in [-0.1, -0.05) is 48.5 Å². The quantitative estimate of drug-likeness (QED) is 0.144. The lowest BCUT2D eigenvalue weighted by atomic mass is 10.2. The van der Waals surface area contributed by atoms with Crippen LogP contribution in [0.25, 0.3) is 16.6 Å². The highest BCUT2D eigenvalue weighted by atomic mass is 32.2. The van der Waals surface area contributed by atoms with Gasteiger partial charge in [-0.25, -0.2) is 21.8 Å². The average molecular weight is 869 g/mol. The first-order valence-electron chi connectivity index (χ1n) is 19.5. The molecule has 8 aromatic rings. The number of rotatable bonds is 11.